The number of nitrogens with zero attached hydrogens (tertiary/aromatic N) is 3. The predicted octanol–water partition coefficient (Wildman–Crippen LogP) is 2.06. The zero-order valence-corrected chi connectivity index (χ0v) is 8.75. The highest BCUT2D eigenvalue weighted by Gasteiger charge is 2.00. The Balaban J connectivity index is 2.67. The van der Waals surface area contributed by atoms with Gasteiger partial charge < -0.3 is 4.90 Å². The number of hydrogen-bond donors (Lipinski definition) is 0. The highest BCUT2D eigenvalue weighted by molar-refractivity contribution is 6.16. The average Bonchev–Trinajstić information content (AvgIpc) is 2.18. The standard InChI is InChI=1S/C9H14ClN3/c1-3-4-13(2)9-7-11-8(5-10)6-12-9/h6-7H,3-5H2,1-2H3. The first-order valence-electron chi connectivity index (χ1n) is 4.36. The molecule has 0 radical (unpaired) electrons. The van der Waals surface area contributed by atoms with Crippen molar-refractivity contribution >= 4 is 17.4 Å². The van der Waals surface area contributed by atoms with Crippen LogP contribution in [0.1, 0.15) is 19.0 Å². The molecule has 13 heavy (non-hydrogen) atoms. The van der Waals surface area contributed by atoms with Gasteiger partial charge in [-0.25, -0.2) is 4.98 Å². The second kappa shape index (κ2) is 5.02. The SMILES string of the molecule is CCCN(C)c1cnc(CCl)cn1. The molecular weight excluding hydrogens is 186 g/mol. The van der Waals surface area contributed by atoms with Gasteiger partial charge in [0.2, 0.25) is 0 Å². The molecule has 0 bridgehead atoms. The summed E-state index contributed by atoms with van der Waals surface area (Å²) in [5.41, 5.74) is 0.815. The molecule has 0 aliphatic heterocycles. The molecule has 1 rings (SSSR count). The topological polar surface area (TPSA) is 29.0 Å². The summed E-state index contributed by atoms with van der Waals surface area (Å²) in [6, 6.07) is 0. The van der Waals surface area contributed by atoms with E-state index in [4.69, 9.17) is 11.6 Å². The first kappa shape index (κ1) is 10.3. The van der Waals surface area contributed by atoms with Crippen molar-refractivity contribution in [3.05, 3.63) is 18.1 Å². The van der Waals surface area contributed by atoms with Crippen LogP contribution in [0, 0.1) is 0 Å². The molecule has 0 atom stereocenters. The molecular formula is C9H14ClN3. The van der Waals surface area contributed by atoms with Gasteiger partial charge >= 0.3 is 0 Å². The average molecular weight is 200 g/mol. The van der Waals surface area contributed by atoms with E-state index in [1.807, 2.05) is 7.05 Å². The van der Waals surface area contributed by atoms with E-state index in [0.29, 0.717) is 5.88 Å². The van der Waals surface area contributed by atoms with Gasteiger partial charge in [0.15, 0.2) is 0 Å². The van der Waals surface area contributed by atoms with Crippen LogP contribution < -0.4 is 4.90 Å². The minimum atomic E-state index is 0.421. The van der Waals surface area contributed by atoms with Crippen LogP contribution in [0.25, 0.3) is 0 Å². The lowest BCUT2D eigenvalue weighted by molar-refractivity contribution is 0.831. The van der Waals surface area contributed by atoms with Gasteiger partial charge in [-0.15, -0.1) is 11.6 Å². The maximum atomic E-state index is 5.60. The zero-order chi connectivity index (χ0) is 9.68. The zero-order valence-electron chi connectivity index (χ0n) is 8.00. The van der Waals surface area contributed by atoms with E-state index in [0.717, 1.165) is 24.5 Å². The summed E-state index contributed by atoms with van der Waals surface area (Å²) in [7, 11) is 2.01. The van der Waals surface area contributed by atoms with Crippen molar-refractivity contribution in [3.8, 4) is 0 Å². The van der Waals surface area contributed by atoms with Gasteiger partial charge in [0, 0.05) is 13.6 Å². The van der Waals surface area contributed by atoms with E-state index in [1.54, 1.807) is 12.4 Å². The second-order valence-electron chi connectivity index (χ2n) is 2.92. The largest absolute Gasteiger partial charge is 0.358 e. The van der Waals surface area contributed by atoms with Crippen LogP contribution in [-0.2, 0) is 5.88 Å². The Bertz CT molecular complexity index is 248. The lowest BCUT2D eigenvalue weighted by Gasteiger charge is -2.16. The first-order chi connectivity index (χ1) is 6.27. The summed E-state index contributed by atoms with van der Waals surface area (Å²) >= 11 is 5.60. The third-order valence-corrected chi connectivity index (χ3v) is 2.05. The molecule has 0 spiro atoms. The normalized spacial score (nSPS) is 10.1. The molecule has 4 heteroatoms. The summed E-state index contributed by atoms with van der Waals surface area (Å²) < 4.78 is 0. The fourth-order valence-corrected chi connectivity index (χ4v) is 1.20. The van der Waals surface area contributed by atoms with E-state index >= 15 is 0 Å². The van der Waals surface area contributed by atoms with Crippen molar-refractivity contribution < 1.29 is 0 Å². The molecule has 0 amide bonds. The molecule has 0 aliphatic rings. The van der Waals surface area contributed by atoms with Gasteiger partial charge in [0.05, 0.1) is 24.0 Å². The molecule has 1 aromatic rings. The fraction of sp³-hybridized carbons (Fsp3) is 0.556. The number of halogens is 1. The van der Waals surface area contributed by atoms with Crippen LogP contribution in [0.3, 0.4) is 0 Å². The van der Waals surface area contributed by atoms with Gasteiger partial charge in [-0.3, -0.25) is 4.98 Å². The Morgan fingerprint density at radius 2 is 2.15 bits per heavy atom. The molecule has 0 aromatic carbocycles. The minimum Gasteiger partial charge on any atom is -0.358 e. The first-order valence-corrected chi connectivity index (χ1v) is 4.89. The summed E-state index contributed by atoms with van der Waals surface area (Å²) in [4.78, 5) is 10.5. The Morgan fingerprint density at radius 3 is 2.62 bits per heavy atom. The van der Waals surface area contributed by atoms with E-state index in [-0.39, 0.29) is 0 Å². The van der Waals surface area contributed by atoms with Crippen LogP contribution in [0.5, 0.6) is 0 Å². The smallest absolute Gasteiger partial charge is 0.146 e. The lowest BCUT2D eigenvalue weighted by Crippen LogP contribution is -2.19. The molecule has 72 valence electrons. The molecule has 0 fully saturated rings. The quantitative estimate of drug-likeness (QED) is 0.696. The Morgan fingerprint density at radius 1 is 1.38 bits per heavy atom. The molecule has 3 nitrogen and oxygen atoms in total. The van der Waals surface area contributed by atoms with E-state index < -0.39 is 0 Å². The van der Waals surface area contributed by atoms with Crippen molar-refractivity contribution in [1.29, 1.82) is 0 Å². The lowest BCUT2D eigenvalue weighted by atomic mass is 10.4. The minimum absolute atomic E-state index is 0.421. The highest BCUT2D eigenvalue weighted by Crippen LogP contribution is 2.07. The van der Waals surface area contributed by atoms with E-state index in [1.165, 1.54) is 0 Å². The monoisotopic (exact) mass is 199 g/mol. The van der Waals surface area contributed by atoms with Gasteiger partial charge in [-0.2, -0.15) is 0 Å². The molecule has 0 saturated carbocycles. The van der Waals surface area contributed by atoms with Crippen LogP contribution in [0.4, 0.5) is 5.82 Å². The van der Waals surface area contributed by atoms with Crippen molar-refractivity contribution in [2.75, 3.05) is 18.5 Å². The fourth-order valence-electron chi connectivity index (χ4n) is 1.06. The molecule has 0 unspecified atom stereocenters. The van der Waals surface area contributed by atoms with Crippen LogP contribution in [-0.4, -0.2) is 23.6 Å². The second-order valence-corrected chi connectivity index (χ2v) is 3.19. The van der Waals surface area contributed by atoms with Crippen molar-refractivity contribution in [2.24, 2.45) is 0 Å². The summed E-state index contributed by atoms with van der Waals surface area (Å²) in [5.74, 6) is 1.32. The third-order valence-electron chi connectivity index (χ3n) is 1.78. The van der Waals surface area contributed by atoms with Gasteiger partial charge in [-0.05, 0) is 6.42 Å². The van der Waals surface area contributed by atoms with Crippen LogP contribution in [0.2, 0.25) is 0 Å². The van der Waals surface area contributed by atoms with Crippen molar-refractivity contribution in [1.82, 2.24) is 9.97 Å². The van der Waals surface area contributed by atoms with Gasteiger partial charge in [0.25, 0.3) is 0 Å². The predicted molar refractivity (Wildman–Crippen MR) is 55.2 cm³/mol. The van der Waals surface area contributed by atoms with Crippen molar-refractivity contribution in [2.45, 2.75) is 19.2 Å². The van der Waals surface area contributed by atoms with Crippen LogP contribution in [0.15, 0.2) is 12.4 Å². The summed E-state index contributed by atoms with van der Waals surface area (Å²) in [6.45, 7) is 3.13. The summed E-state index contributed by atoms with van der Waals surface area (Å²) in [5, 5.41) is 0. The Hall–Kier alpha value is -0.830. The molecule has 1 aromatic heterocycles. The number of alkyl halides is 1. The third kappa shape index (κ3) is 2.84. The molecule has 0 N–H and O–H groups in total. The van der Waals surface area contributed by atoms with Gasteiger partial charge in [0.1, 0.15) is 5.82 Å². The number of rotatable bonds is 4. The number of aromatic nitrogens is 2. The summed E-state index contributed by atoms with van der Waals surface area (Å²) in [6.07, 6.45) is 4.58. The molecule has 0 aliphatic carbocycles. The maximum Gasteiger partial charge on any atom is 0.146 e. The van der Waals surface area contributed by atoms with Gasteiger partial charge in [-0.1, -0.05) is 6.92 Å². The Labute approximate surface area is 83.8 Å². The van der Waals surface area contributed by atoms with Crippen molar-refractivity contribution in [3.63, 3.8) is 0 Å². The molecule has 0 saturated heterocycles. The maximum absolute atomic E-state index is 5.60. The highest BCUT2D eigenvalue weighted by atomic mass is 35.5. The Kier molecular flexibility index (Phi) is 3.96. The van der Waals surface area contributed by atoms with Crippen LogP contribution >= 0.6 is 11.6 Å². The van der Waals surface area contributed by atoms with E-state index in [2.05, 4.69) is 21.8 Å². The molecule has 1 heterocycles. The number of anilines is 1. The number of hydrogen-bond acceptors (Lipinski definition) is 3. The van der Waals surface area contributed by atoms with E-state index in [9.17, 15) is 0 Å².